The van der Waals surface area contributed by atoms with Crippen molar-refractivity contribution >= 4 is 5.97 Å². The van der Waals surface area contributed by atoms with Gasteiger partial charge in [0.2, 0.25) is 0 Å². The minimum Gasteiger partial charge on any atom is -0.465 e. The van der Waals surface area contributed by atoms with Crippen molar-refractivity contribution in [3.8, 4) is 11.8 Å². The van der Waals surface area contributed by atoms with Crippen molar-refractivity contribution < 1.29 is 23.0 Å². The van der Waals surface area contributed by atoms with Crippen molar-refractivity contribution in [3.63, 3.8) is 0 Å². The third kappa shape index (κ3) is 3.72. The van der Waals surface area contributed by atoms with Crippen LogP contribution in [0.25, 0.3) is 0 Å². The van der Waals surface area contributed by atoms with Crippen LogP contribution in [0.1, 0.15) is 15.9 Å². The molecule has 0 aliphatic carbocycles. The number of hydrogen-bond acceptors (Lipinski definition) is 4. The summed E-state index contributed by atoms with van der Waals surface area (Å²) in [5, 5.41) is 8.52. The van der Waals surface area contributed by atoms with Gasteiger partial charge in [-0.25, -0.2) is 4.79 Å². The number of methoxy groups -OCH3 is 1. The number of nitrogens with zero attached hydrogens (tertiary/aromatic N) is 1. The molecule has 0 bridgehead atoms. The maximum Gasteiger partial charge on any atom is 0.387 e. The zero-order chi connectivity index (χ0) is 12.8. The minimum atomic E-state index is -2.99. The molecule has 0 spiro atoms. The van der Waals surface area contributed by atoms with Gasteiger partial charge in [-0.2, -0.15) is 14.0 Å². The van der Waals surface area contributed by atoms with Gasteiger partial charge in [0.15, 0.2) is 0 Å². The third-order valence-corrected chi connectivity index (χ3v) is 1.90. The molecule has 0 saturated carbocycles. The maximum absolute atomic E-state index is 12.0. The summed E-state index contributed by atoms with van der Waals surface area (Å²) in [6.45, 7) is -2.99. The van der Waals surface area contributed by atoms with E-state index >= 15 is 0 Å². The first kappa shape index (κ1) is 12.9. The van der Waals surface area contributed by atoms with E-state index in [1.807, 2.05) is 6.07 Å². The minimum absolute atomic E-state index is 0.00949. The van der Waals surface area contributed by atoms with Crippen LogP contribution in [-0.4, -0.2) is 19.7 Å². The Kier molecular flexibility index (Phi) is 4.40. The molecule has 4 nitrogen and oxygen atoms in total. The van der Waals surface area contributed by atoms with Gasteiger partial charge in [-0.15, -0.1) is 0 Å². The number of nitriles is 1. The Hall–Kier alpha value is -2.16. The van der Waals surface area contributed by atoms with Crippen LogP contribution in [-0.2, 0) is 11.2 Å². The zero-order valence-electron chi connectivity index (χ0n) is 8.94. The number of hydrogen-bond donors (Lipinski definition) is 0. The lowest BCUT2D eigenvalue weighted by molar-refractivity contribution is -0.0499. The molecule has 0 unspecified atom stereocenters. The normalized spacial score (nSPS) is 9.82. The second-order valence-corrected chi connectivity index (χ2v) is 3.07. The highest BCUT2D eigenvalue weighted by Crippen LogP contribution is 2.20. The third-order valence-electron chi connectivity index (χ3n) is 1.90. The summed E-state index contributed by atoms with van der Waals surface area (Å²) in [5.41, 5.74) is 0.474. The highest BCUT2D eigenvalue weighted by molar-refractivity contribution is 5.90. The number of ether oxygens (including phenoxy) is 2. The number of carbonyl (C=O) groups is 1. The van der Waals surface area contributed by atoms with Crippen molar-refractivity contribution in [2.24, 2.45) is 0 Å². The zero-order valence-corrected chi connectivity index (χ0v) is 8.94. The van der Waals surface area contributed by atoms with Gasteiger partial charge in [0.25, 0.3) is 0 Å². The molecule has 0 aromatic heterocycles. The van der Waals surface area contributed by atoms with Crippen LogP contribution in [0.5, 0.6) is 5.75 Å². The Bertz CT molecular complexity index is 455. The molecular formula is C11H9F2NO3. The predicted molar refractivity (Wildman–Crippen MR) is 53.7 cm³/mol. The fourth-order valence-electron chi connectivity index (χ4n) is 1.26. The van der Waals surface area contributed by atoms with Gasteiger partial charge in [0.05, 0.1) is 25.2 Å². The van der Waals surface area contributed by atoms with Crippen LogP contribution in [0.3, 0.4) is 0 Å². The van der Waals surface area contributed by atoms with Crippen LogP contribution in [0.2, 0.25) is 0 Å². The fraction of sp³-hybridized carbons (Fsp3) is 0.273. The van der Waals surface area contributed by atoms with Crippen molar-refractivity contribution in [2.75, 3.05) is 7.11 Å². The molecular weight excluding hydrogens is 232 g/mol. The summed E-state index contributed by atoms with van der Waals surface area (Å²) in [6, 6.07) is 5.67. The van der Waals surface area contributed by atoms with E-state index < -0.39 is 12.6 Å². The number of alkyl halides is 2. The summed E-state index contributed by atoms with van der Waals surface area (Å²) in [7, 11) is 1.17. The molecule has 0 aliphatic heterocycles. The molecule has 1 aromatic carbocycles. The van der Waals surface area contributed by atoms with E-state index in [4.69, 9.17) is 5.26 Å². The molecule has 0 radical (unpaired) electrons. The average Bonchev–Trinajstić information content (AvgIpc) is 2.27. The molecule has 90 valence electrons. The number of benzene rings is 1. The molecule has 0 atom stereocenters. The average molecular weight is 241 g/mol. The van der Waals surface area contributed by atoms with Crippen molar-refractivity contribution in [1.82, 2.24) is 0 Å². The predicted octanol–water partition coefficient (Wildman–Crippen LogP) is 2.14. The molecule has 6 heteroatoms. The molecule has 0 saturated heterocycles. The first-order valence-electron chi connectivity index (χ1n) is 4.61. The van der Waals surface area contributed by atoms with Crippen molar-refractivity contribution in [3.05, 3.63) is 29.3 Å². The lowest BCUT2D eigenvalue weighted by Gasteiger charge is -2.08. The van der Waals surface area contributed by atoms with E-state index in [1.54, 1.807) is 0 Å². The highest BCUT2D eigenvalue weighted by Gasteiger charge is 2.12. The van der Waals surface area contributed by atoms with E-state index in [-0.39, 0.29) is 17.7 Å². The summed E-state index contributed by atoms with van der Waals surface area (Å²) in [6.07, 6.45) is -0.00949. The Morgan fingerprint density at radius 1 is 1.47 bits per heavy atom. The number of esters is 1. The van der Waals surface area contributed by atoms with Crippen LogP contribution in [0, 0.1) is 11.3 Å². The van der Waals surface area contributed by atoms with Gasteiger partial charge in [-0.3, -0.25) is 0 Å². The molecule has 0 fully saturated rings. The summed E-state index contributed by atoms with van der Waals surface area (Å²) in [4.78, 5) is 11.3. The van der Waals surface area contributed by atoms with Gasteiger partial charge in [-0.05, 0) is 23.8 Å². The number of rotatable bonds is 4. The quantitative estimate of drug-likeness (QED) is 0.758. The standard InChI is InChI=1S/C11H9F2NO3/c1-16-10(15)8-4-7(2-3-14)5-9(6-8)17-11(12)13/h4-6,11H,2H2,1H3. The van der Waals surface area contributed by atoms with Crippen LogP contribution < -0.4 is 4.74 Å². The van der Waals surface area contributed by atoms with Gasteiger partial charge >= 0.3 is 12.6 Å². The molecule has 0 amide bonds. The van der Waals surface area contributed by atoms with Crippen LogP contribution in [0.4, 0.5) is 8.78 Å². The summed E-state index contributed by atoms with van der Waals surface area (Å²) >= 11 is 0. The Morgan fingerprint density at radius 3 is 2.71 bits per heavy atom. The molecule has 0 aliphatic rings. The van der Waals surface area contributed by atoms with Gasteiger partial charge < -0.3 is 9.47 Å². The van der Waals surface area contributed by atoms with Crippen LogP contribution in [0.15, 0.2) is 18.2 Å². The summed E-state index contributed by atoms with van der Waals surface area (Å²) in [5.74, 6) is -0.850. The monoisotopic (exact) mass is 241 g/mol. The Morgan fingerprint density at radius 2 is 2.18 bits per heavy atom. The first-order chi connectivity index (χ1) is 8.06. The second-order valence-electron chi connectivity index (χ2n) is 3.07. The van der Waals surface area contributed by atoms with E-state index in [9.17, 15) is 13.6 Å². The van der Waals surface area contributed by atoms with Gasteiger partial charge in [0, 0.05) is 0 Å². The van der Waals surface area contributed by atoms with Crippen LogP contribution >= 0.6 is 0 Å². The lowest BCUT2D eigenvalue weighted by Crippen LogP contribution is -2.06. The Balaban J connectivity index is 3.09. The Labute approximate surface area is 96.4 Å². The second kappa shape index (κ2) is 5.80. The number of carbonyl (C=O) groups excluding carboxylic acids is 1. The SMILES string of the molecule is COC(=O)c1cc(CC#N)cc(OC(F)F)c1. The van der Waals surface area contributed by atoms with E-state index in [1.165, 1.54) is 19.2 Å². The maximum atomic E-state index is 12.0. The van der Waals surface area contributed by atoms with Gasteiger partial charge in [-0.1, -0.05) is 0 Å². The topological polar surface area (TPSA) is 59.3 Å². The van der Waals surface area contributed by atoms with Crippen molar-refractivity contribution in [2.45, 2.75) is 13.0 Å². The smallest absolute Gasteiger partial charge is 0.387 e. The lowest BCUT2D eigenvalue weighted by atomic mass is 10.1. The molecule has 0 heterocycles. The van der Waals surface area contributed by atoms with E-state index in [0.717, 1.165) is 6.07 Å². The summed E-state index contributed by atoms with van der Waals surface area (Å²) < 4.78 is 32.7. The van der Waals surface area contributed by atoms with E-state index in [2.05, 4.69) is 9.47 Å². The van der Waals surface area contributed by atoms with E-state index in [0.29, 0.717) is 5.56 Å². The highest BCUT2D eigenvalue weighted by atomic mass is 19.3. The number of halogens is 2. The molecule has 17 heavy (non-hydrogen) atoms. The van der Waals surface area contributed by atoms with Crippen molar-refractivity contribution in [1.29, 1.82) is 5.26 Å². The molecule has 1 aromatic rings. The molecule has 1 rings (SSSR count). The fourth-order valence-corrected chi connectivity index (χ4v) is 1.26. The first-order valence-corrected chi connectivity index (χ1v) is 4.61. The van der Waals surface area contributed by atoms with Gasteiger partial charge in [0.1, 0.15) is 5.75 Å². The largest absolute Gasteiger partial charge is 0.465 e. The molecule has 0 N–H and O–H groups in total.